The SMILES string of the molecule is O=C(O)CCCNc1nc(CC(=O)O)cs1. The normalized spacial score (nSPS) is 10.0. The van der Waals surface area contributed by atoms with E-state index in [0.717, 1.165) is 0 Å². The first-order valence-electron chi connectivity index (χ1n) is 4.70. The number of carboxylic acids is 2. The molecule has 6 nitrogen and oxygen atoms in total. The van der Waals surface area contributed by atoms with Crippen molar-refractivity contribution < 1.29 is 19.8 Å². The number of carboxylic acid groups (broad SMARTS) is 2. The third kappa shape index (κ3) is 4.74. The average molecular weight is 244 g/mol. The molecule has 1 rings (SSSR count). The lowest BCUT2D eigenvalue weighted by Crippen LogP contribution is -2.05. The van der Waals surface area contributed by atoms with Crippen LogP contribution in [0.5, 0.6) is 0 Å². The second-order valence-electron chi connectivity index (χ2n) is 3.14. The first kappa shape index (κ1) is 12.4. The van der Waals surface area contributed by atoms with E-state index in [1.165, 1.54) is 11.3 Å². The lowest BCUT2D eigenvalue weighted by Gasteiger charge is -1.99. The highest BCUT2D eigenvalue weighted by Gasteiger charge is 2.05. The molecular formula is C9H12N2O4S. The third-order valence-corrected chi connectivity index (χ3v) is 2.58. The zero-order chi connectivity index (χ0) is 12.0. The number of nitrogens with one attached hydrogen (secondary N) is 1. The van der Waals surface area contributed by atoms with E-state index >= 15 is 0 Å². The molecule has 0 bridgehead atoms. The Hall–Kier alpha value is -1.63. The van der Waals surface area contributed by atoms with Crippen molar-refractivity contribution in [2.45, 2.75) is 19.3 Å². The standard InChI is InChI=1S/C9H12N2O4S/c12-7(13)2-1-3-10-9-11-6(5-16-9)4-8(14)15/h5H,1-4H2,(H,10,11)(H,12,13)(H,14,15). The monoisotopic (exact) mass is 244 g/mol. The molecule has 1 aromatic rings. The molecule has 0 aliphatic rings. The Bertz CT molecular complexity index is 377. The molecule has 16 heavy (non-hydrogen) atoms. The van der Waals surface area contributed by atoms with E-state index in [4.69, 9.17) is 10.2 Å². The summed E-state index contributed by atoms with van der Waals surface area (Å²) < 4.78 is 0. The molecule has 0 atom stereocenters. The molecular weight excluding hydrogens is 232 g/mol. The van der Waals surface area contributed by atoms with Crippen LogP contribution in [0.15, 0.2) is 5.38 Å². The highest BCUT2D eigenvalue weighted by atomic mass is 32.1. The molecule has 3 N–H and O–H groups in total. The number of thiazole rings is 1. The van der Waals surface area contributed by atoms with Gasteiger partial charge in [0.15, 0.2) is 5.13 Å². The maximum atomic E-state index is 10.4. The van der Waals surface area contributed by atoms with Gasteiger partial charge in [-0.25, -0.2) is 4.98 Å². The summed E-state index contributed by atoms with van der Waals surface area (Å²) in [5, 5.41) is 22.2. The summed E-state index contributed by atoms with van der Waals surface area (Å²) in [6.45, 7) is 0.520. The number of nitrogens with zero attached hydrogens (tertiary/aromatic N) is 1. The van der Waals surface area contributed by atoms with Gasteiger partial charge in [-0.05, 0) is 6.42 Å². The molecule has 0 spiro atoms. The molecule has 1 aromatic heterocycles. The summed E-state index contributed by atoms with van der Waals surface area (Å²) >= 11 is 1.32. The minimum atomic E-state index is -0.914. The molecule has 7 heteroatoms. The summed E-state index contributed by atoms with van der Waals surface area (Å²) in [4.78, 5) is 24.7. The van der Waals surface area contributed by atoms with E-state index in [2.05, 4.69) is 10.3 Å². The quantitative estimate of drug-likeness (QED) is 0.620. The highest BCUT2D eigenvalue weighted by Crippen LogP contribution is 2.15. The van der Waals surface area contributed by atoms with Crippen LogP contribution < -0.4 is 5.32 Å². The van der Waals surface area contributed by atoms with Crippen LogP contribution in [0.4, 0.5) is 5.13 Å². The molecule has 0 unspecified atom stereocenters. The smallest absolute Gasteiger partial charge is 0.309 e. The molecule has 0 saturated heterocycles. The van der Waals surface area contributed by atoms with Gasteiger partial charge in [0.25, 0.3) is 0 Å². The van der Waals surface area contributed by atoms with Gasteiger partial charge in [0, 0.05) is 18.3 Å². The predicted octanol–water partition coefficient (Wildman–Crippen LogP) is 1.05. The molecule has 0 aliphatic carbocycles. The van der Waals surface area contributed by atoms with Crippen LogP contribution in [-0.2, 0) is 16.0 Å². The van der Waals surface area contributed by atoms with Crippen LogP contribution >= 0.6 is 11.3 Å². The van der Waals surface area contributed by atoms with Crippen molar-refractivity contribution in [3.05, 3.63) is 11.1 Å². The van der Waals surface area contributed by atoms with Gasteiger partial charge in [0.05, 0.1) is 12.1 Å². The molecule has 88 valence electrons. The van der Waals surface area contributed by atoms with Crippen molar-refractivity contribution in [1.82, 2.24) is 4.98 Å². The van der Waals surface area contributed by atoms with Crippen LogP contribution in [0.25, 0.3) is 0 Å². The van der Waals surface area contributed by atoms with Crippen molar-refractivity contribution >= 4 is 28.4 Å². The van der Waals surface area contributed by atoms with E-state index < -0.39 is 11.9 Å². The number of hydrogen-bond donors (Lipinski definition) is 3. The molecule has 0 radical (unpaired) electrons. The van der Waals surface area contributed by atoms with Crippen LogP contribution in [0.3, 0.4) is 0 Å². The predicted molar refractivity (Wildman–Crippen MR) is 58.8 cm³/mol. The average Bonchev–Trinajstić information content (AvgIpc) is 2.59. The topological polar surface area (TPSA) is 99.5 Å². The second-order valence-corrected chi connectivity index (χ2v) is 4.00. The van der Waals surface area contributed by atoms with Gasteiger partial charge < -0.3 is 15.5 Å². The lowest BCUT2D eigenvalue weighted by molar-refractivity contribution is -0.137. The molecule has 1 heterocycles. The van der Waals surface area contributed by atoms with Crippen LogP contribution in [0, 0.1) is 0 Å². The molecule has 0 aliphatic heterocycles. The van der Waals surface area contributed by atoms with Crippen molar-refractivity contribution in [2.24, 2.45) is 0 Å². The molecule has 0 amide bonds. The van der Waals surface area contributed by atoms with E-state index in [0.29, 0.717) is 23.8 Å². The van der Waals surface area contributed by atoms with Gasteiger partial charge in [-0.1, -0.05) is 0 Å². The van der Waals surface area contributed by atoms with Gasteiger partial charge >= 0.3 is 11.9 Å². The van der Waals surface area contributed by atoms with Crippen molar-refractivity contribution in [1.29, 1.82) is 0 Å². The van der Waals surface area contributed by atoms with Crippen molar-refractivity contribution in [2.75, 3.05) is 11.9 Å². The number of anilines is 1. The Balaban J connectivity index is 2.29. The van der Waals surface area contributed by atoms with E-state index in [-0.39, 0.29) is 12.8 Å². The zero-order valence-corrected chi connectivity index (χ0v) is 9.29. The Labute approximate surface area is 95.9 Å². The van der Waals surface area contributed by atoms with Gasteiger partial charge in [-0.3, -0.25) is 9.59 Å². The Morgan fingerprint density at radius 1 is 1.38 bits per heavy atom. The Kier molecular flexibility index (Phi) is 4.71. The summed E-state index contributed by atoms with van der Waals surface area (Å²) in [5.74, 6) is -1.74. The van der Waals surface area contributed by atoms with Crippen molar-refractivity contribution in [3.8, 4) is 0 Å². The molecule has 0 aromatic carbocycles. The fourth-order valence-corrected chi connectivity index (χ4v) is 1.80. The minimum absolute atomic E-state index is 0.0900. The minimum Gasteiger partial charge on any atom is -0.481 e. The van der Waals surface area contributed by atoms with Gasteiger partial charge in [0.2, 0.25) is 0 Å². The fourth-order valence-electron chi connectivity index (χ4n) is 1.06. The number of hydrogen-bond acceptors (Lipinski definition) is 5. The van der Waals surface area contributed by atoms with Crippen LogP contribution in [-0.4, -0.2) is 33.7 Å². The van der Waals surface area contributed by atoms with E-state index in [1.807, 2.05) is 0 Å². The lowest BCUT2D eigenvalue weighted by atomic mass is 10.3. The molecule has 0 saturated carbocycles. The summed E-state index contributed by atoms with van der Waals surface area (Å²) in [6, 6.07) is 0. The second kappa shape index (κ2) is 6.06. The van der Waals surface area contributed by atoms with E-state index in [1.54, 1.807) is 5.38 Å². The summed E-state index contributed by atoms with van der Waals surface area (Å²) in [5.41, 5.74) is 0.512. The number of aromatic nitrogens is 1. The fraction of sp³-hybridized carbons (Fsp3) is 0.444. The van der Waals surface area contributed by atoms with Gasteiger partial charge in [-0.15, -0.1) is 11.3 Å². The first-order valence-corrected chi connectivity index (χ1v) is 5.58. The Morgan fingerprint density at radius 3 is 2.75 bits per heavy atom. The van der Waals surface area contributed by atoms with Crippen LogP contribution in [0.2, 0.25) is 0 Å². The number of aliphatic carboxylic acids is 2. The van der Waals surface area contributed by atoms with Gasteiger partial charge in [0.1, 0.15) is 0 Å². The van der Waals surface area contributed by atoms with E-state index in [9.17, 15) is 9.59 Å². The maximum absolute atomic E-state index is 10.4. The van der Waals surface area contributed by atoms with Crippen LogP contribution in [0.1, 0.15) is 18.5 Å². The summed E-state index contributed by atoms with van der Waals surface area (Å²) in [7, 11) is 0. The first-order chi connectivity index (χ1) is 7.58. The van der Waals surface area contributed by atoms with Crippen molar-refractivity contribution in [3.63, 3.8) is 0 Å². The van der Waals surface area contributed by atoms with Gasteiger partial charge in [-0.2, -0.15) is 0 Å². The number of rotatable bonds is 7. The largest absolute Gasteiger partial charge is 0.481 e. The number of carbonyl (C=O) groups is 2. The maximum Gasteiger partial charge on any atom is 0.309 e. The third-order valence-electron chi connectivity index (χ3n) is 1.73. The molecule has 0 fully saturated rings. The zero-order valence-electron chi connectivity index (χ0n) is 8.47. The highest BCUT2D eigenvalue weighted by molar-refractivity contribution is 7.13. The summed E-state index contributed by atoms with van der Waals surface area (Å²) in [6.07, 6.45) is 0.539. The Morgan fingerprint density at radius 2 is 2.12 bits per heavy atom.